The SMILES string of the molecule is C1=CC2N=C3N(c4ccccc4)c4ccc([Si](c5ccccc5)(c5ccccc5)c5cccc(-n6c7ccccc7n7c8ccccc8nc67)c5)cc4N3C2C=C1. The fourth-order valence-corrected chi connectivity index (χ4v) is 14.4. The summed E-state index contributed by atoms with van der Waals surface area (Å²) in [7, 11) is -3.00. The number of allylic oxidation sites excluding steroid dienone is 2. The molecule has 0 bridgehead atoms. The lowest BCUT2D eigenvalue weighted by molar-refractivity contribution is 0.741. The number of fused-ring (bicyclic) bond motifs is 10. The van der Waals surface area contributed by atoms with E-state index in [0.717, 1.165) is 50.9 Å². The quantitative estimate of drug-likeness (QED) is 0.128. The Labute approximate surface area is 331 Å². The van der Waals surface area contributed by atoms with E-state index in [1.165, 1.54) is 26.4 Å². The summed E-state index contributed by atoms with van der Waals surface area (Å²) < 4.78 is 4.64. The van der Waals surface area contributed by atoms with E-state index in [1.54, 1.807) is 0 Å². The molecule has 4 heterocycles. The molecule has 6 nitrogen and oxygen atoms in total. The minimum atomic E-state index is -3.00. The van der Waals surface area contributed by atoms with Gasteiger partial charge in [0.25, 0.3) is 0 Å². The van der Waals surface area contributed by atoms with Crippen molar-refractivity contribution in [2.45, 2.75) is 12.1 Å². The smallest absolute Gasteiger partial charge is 0.220 e. The number of rotatable bonds is 6. The third-order valence-electron chi connectivity index (χ3n) is 12.0. The van der Waals surface area contributed by atoms with Crippen molar-refractivity contribution in [2.24, 2.45) is 4.99 Å². The molecule has 0 saturated heterocycles. The van der Waals surface area contributed by atoms with Crippen LogP contribution in [0.2, 0.25) is 0 Å². The highest BCUT2D eigenvalue weighted by Crippen LogP contribution is 2.46. The molecule has 2 unspecified atom stereocenters. The van der Waals surface area contributed by atoms with Crippen LogP contribution in [-0.4, -0.2) is 40.1 Å². The topological polar surface area (TPSA) is 41.1 Å². The first-order chi connectivity index (χ1) is 28.3. The summed E-state index contributed by atoms with van der Waals surface area (Å²) >= 11 is 0. The summed E-state index contributed by atoms with van der Waals surface area (Å²) in [5.41, 5.74) is 8.88. The second kappa shape index (κ2) is 12.4. The first-order valence-corrected chi connectivity index (χ1v) is 21.6. The van der Waals surface area contributed by atoms with Gasteiger partial charge in [0, 0.05) is 11.4 Å². The molecule has 1 aliphatic carbocycles. The number of nitrogens with zero attached hydrogens (tertiary/aromatic N) is 6. The van der Waals surface area contributed by atoms with Gasteiger partial charge >= 0.3 is 0 Å². The van der Waals surface area contributed by atoms with Crippen molar-refractivity contribution < 1.29 is 0 Å². The average molecular weight is 749 g/mol. The Hall–Kier alpha value is -7.22. The molecule has 0 spiro atoms. The number of hydrogen-bond acceptors (Lipinski definition) is 4. The van der Waals surface area contributed by atoms with E-state index in [9.17, 15) is 0 Å². The minimum absolute atomic E-state index is 0.0579. The van der Waals surface area contributed by atoms with Gasteiger partial charge in [-0.1, -0.05) is 146 Å². The van der Waals surface area contributed by atoms with Crippen LogP contribution in [0.5, 0.6) is 0 Å². The number of benzene rings is 7. The van der Waals surface area contributed by atoms with E-state index in [0.29, 0.717) is 0 Å². The molecule has 12 rings (SSSR count). The monoisotopic (exact) mass is 748 g/mol. The standard InChI is InChI=1S/C50H36N6Si/c1-4-17-35(18-5-1)53-47-32-31-40(34-48(47)56-44-28-13-11-26-42(44)51-49(53)56)57(37-20-6-2-7-21-37,38-22-8-3-9-23-38)39-24-16-19-36(33-39)54-45-29-14-15-30-46(45)55-43-27-12-10-25-41(43)52-50(54)55/h1-34,42,44H. The molecule has 7 aromatic carbocycles. The Morgan fingerprint density at radius 3 is 1.86 bits per heavy atom. The summed E-state index contributed by atoms with van der Waals surface area (Å²) in [6.07, 6.45) is 8.82. The normalized spacial score (nSPS) is 17.0. The van der Waals surface area contributed by atoms with Crippen LogP contribution in [0.25, 0.3) is 33.5 Å². The van der Waals surface area contributed by atoms with Gasteiger partial charge in [-0.3, -0.25) is 13.9 Å². The van der Waals surface area contributed by atoms with Gasteiger partial charge in [0.05, 0.1) is 45.5 Å². The fourth-order valence-electron chi connectivity index (χ4n) is 9.64. The van der Waals surface area contributed by atoms with Gasteiger partial charge < -0.3 is 4.90 Å². The van der Waals surface area contributed by atoms with Gasteiger partial charge in [0.15, 0.2) is 8.07 Å². The van der Waals surface area contributed by atoms with E-state index < -0.39 is 8.07 Å². The van der Waals surface area contributed by atoms with Crippen LogP contribution in [0.15, 0.2) is 211 Å². The Balaban J connectivity index is 1.13. The molecule has 7 heteroatoms. The highest BCUT2D eigenvalue weighted by atomic mass is 28.3. The molecule has 0 N–H and O–H groups in total. The van der Waals surface area contributed by atoms with Crippen molar-refractivity contribution in [2.75, 3.05) is 9.80 Å². The second-order valence-electron chi connectivity index (χ2n) is 15.0. The van der Waals surface area contributed by atoms with E-state index in [1.807, 2.05) is 0 Å². The number of guanidine groups is 1. The molecule has 0 amide bonds. The molecule has 0 saturated carbocycles. The number of imidazole rings is 2. The van der Waals surface area contributed by atoms with Gasteiger partial charge in [-0.25, -0.2) is 9.98 Å². The molecule has 0 fully saturated rings. The molecular formula is C50H36N6Si. The van der Waals surface area contributed by atoms with Crippen LogP contribution < -0.4 is 30.5 Å². The first kappa shape index (κ1) is 32.1. The zero-order valence-electron chi connectivity index (χ0n) is 31.0. The third kappa shape index (κ3) is 4.57. The van der Waals surface area contributed by atoms with Crippen molar-refractivity contribution in [3.8, 4) is 5.69 Å². The molecule has 0 radical (unpaired) electrons. The zero-order chi connectivity index (χ0) is 37.5. The molecule has 3 aliphatic rings. The maximum atomic E-state index is 5.35. The number of aromatic nitrogens is 3. The van der Waals surface area contributed by atoms with Gasteiger partial charge in [-0.05, 0) is 81.4 Å². The Kier molecular flexibility index (Phi) is 6.97. The van der Waals surface area contributed by atoms with Gasteiger partial charge in [0.2, 0.25) is 11.7 Å². The van der Waals surface area contributed by atoms with Crippen LogP contribution >= 0.6 is 0 Å². The van der Waals surface area contributed by atoms with E-state index in [2.05, 4.69) is 225 Å². The summed E-state index contributed by atoms with van der Waals surface area (Å²) in [5.74, 6) is 1.88. The summed E-state index contributed by atoms with van der Waals surface area (Å²) in [4.78, 5) is 15.4. The van der Waals surface area contributed by atoms with Crippen LogP contribution in [0.4, 0.5) is 17.1 Å². The van der Waals surface area contributed by atoms with Crippen LogP contribution in [0.3, 0.4) is 0 Å². The maximum absolute atomic E-state index is 5.35. The van der Waals surface area contributed by atoms with Crippen molar-refractivity contribution >= 4 is 79.7 Å². The van der Waals surface area contributed by atoms with E-state index in [4.69, 9.17) is 9.98 Å². The lowest BCUT2D eigenvalue weighted by Crippen LogP contribution is -2.74. The number of aliphatic imine (C=N–C) groups is 1. The third-order valence-corrected chi connectivity index (χ3v) is 16.8. The van der Waals surface area contributed by atoms with Crippen LogP contribution in [-0.2, 0) is 0 Å². The zero-order valence-corrected chi connectivity index (χ0v) is 32.0. The molecule has 9 aromatic rings. The van der Waals surface area contributed by atoms with Crippen LogP contribution in [0.1, 0.15) is 0 Å². The summed E-state index contributed by atoms with van der Waals surface area (Å²) in [6.45, 7) is 0. The lowest BCUT2D eigenvalue weighted by Gasteiger charge is -2.35. The summed E-state index contributed by atoms with van der Waals surface area (Å²) in [5, 5.41) is 5.27. The Morgan fingerprint density at radius 1 is 0.474 bits per heavy atom. The van der Waals surface area contributed by atoms with Gasteiger partial charge in [0.1, 0.15) is 0 Å². The highest BCUT2D eigenvalue weighted by molar-refractivity contribution is 7.20. The maximum Gasteiger partial charge on any atom is 0.220 e. The van der Waals surface area contributed by atoms with Crippen molar-refractivity contribution in [1.29, 1.82) is 0 Å². The van der Waals surface area contributed by atoms with Gasteiger partial charge in [-0.15, -0.1) is 0 Å². The van der Waals surface area contributed by atoms with Crippen molar-refractivity contribution in [1.82, 2.24) is 14.0 Å². The predicted octanol–water partition coefficient (Wildman–Crippen LogP) is 8.00. The fraction of sp³-hybridized carbons (Fsp3) is 0.0400. The molecule has 270 valence electrons. The molecule has 2 atom stereocenters. The average Bonchev–Trinajstić information content (AvgIpc) is 4.02. The van der Waals surface area contributed by atoms with E-state index >= 15 is 0 Å². The molecule has 57 heavy (non-hydrogen) atoms. The molecule has 2 aromatic heterocycles. The molecule has 2 aliphatic heterocycles. The Morgan fingerprint density at radius 2 is 1.09 bits per heavy atom. The summed E-state index contributed by atoms with van der Waals surface area (Å²) in [6, 6.07) is 66.8. The number of para-hydroxylation sites is 5. The molecular weight excluding hydrogens is 713 g/mol. The number of anilines is 3. The first-order valence-electron chi connectivity index (χ1n) is 19.6. The van der Waals surface area contributed by atoms with E-state index in [-0.39, 0.29) is 12.1 Å². The minimum Gasteiger partial charge on any atom is -0.300 e. The number of hydrogen-bond donors (Lipinski definition) is 0. The van der Waals surface area contributed by atoms with Crippen LogP contribution in [0, 0.1) is 0 Å². The van der Waals surface area contributed by atoms with Gasteiger partial charge in [-0.2, -0.15) is 0 Å². The highest BCUT2D eigenvalue weighted by Gasteiger charge is 2.47. The lowest BCUT2D eigenvalue weighted by atomic mass is 10.0. The second-order valence-corrected chi connectivity index (χ2v) is 18.8. The largest absolute Gasteiger partial charge is 0.300 e. The van der Waals surface area contributed by atoms with Crippen molar-refractivity contribution in [3.63, 3.8) is 0 Å². The predicted molar refractivity (Wildman–Crippen MR) is 237 cm³/mol. The van der Waals surface area contributed by atoms with Crippen molar-refractivity contribution in [3.05, 3.63) is 206 Å². The Bertz CT molecular complexity index is 3070.